The minimum atomic E-state index is -0.506. The van der Waals surface area contributed by atoms with E-state index in [2.05, 4.69) is 159 Å². The molecule has 0 aliphatic rings. The maximum Gasteiger partial charge on any atom is 0.126 e. The van der Waals surface area contributed by atoms with Gasteiger partial charge in [-0.25, -0.2) is 22.0 Å². The Morgan fingerprint density at radius 2 is 0.753 bits per heavy atom. The molecule has 0 saturated carbocycles. The summed E-state index contributed by atoms with van der Waals surface area (Å²) in [6.07, 6.45) is 3.63. The van der Waals surface area contributed by atoms with E-state index < -0.39 is 11.6 Å². The lowest BCUT2D eigenvalue weighted by Gasteiger charge is -2.12. The van der Waals surface area contributed by atoms with Crippen LogP contribution in [-0.2, 0) is 6.61 Å². The van der Waals surface area contributed by atoms with Crippen LogP contribution in [0.4, 0.5) is 22.0 Å². The highest BCUT2D eigenvalue weighted by Crippen LogP contribution is 2.26. The van der Waals surface area contributed by atoms with E-state index >= 15 is 0 Å². The molecule has 8 aromatic rings. The number of aryl methyl sites for hydroxylation is 3. The monoisotopic (exact) mass is 1340 g/mol. The summed E-state index contributed by atoms with van der Waals surface area (Å²) in [7, 11) is 1.64. The lowest BCUT2D eigenvalue weighted by molar-refractivity contribution is 0.242. The van der Waals surface area contributed by atoms with Gasteiger partial charge in [0.2, 0.25) is 0 Å². The van der Waals surface area contributed by atoms with Crippen molar-refractivity contribution in [2.75, 3.05) is 20.3 Å². The first-order valence-corrected chi connectivity index (χ1v) is 34.9. The first kappa shape index (κ1) is 87.6. The molecule has 8 rings (SSSR count). The zero-order valence-corrected chi connectivity index (χ0v) is 63.5. The van der Waals surface area contributed by atoms with Gasteiger partial charge in [0.1, 0.15) is 52.1 Å². The molecule has 534 valence electrons. The van der Waals surface area contributed by atoms with Crippen molar-refractivity contribution in [3.8, 4) is 23.0 Å². The van der Waals surface area contributed by atoms with Gasteiger partial charge in [-0.15, -0.1) is 0 Å². The Balaban J connectivity index is 0.000000555. The van der Waals surface area contributed by atoms with Crippen molar-refractivity contribution >= 4 is 0 Å². The predicted octanol–water partition coefficient (Wildman–Crippen LogP) is 26.4. The van der Waals surface area contributed by atoms with Gasteiger partial charge < -0.3 is 24.1 Å². The quantitative estimate of drug-likeness (QED) is 0.0646. The fourth-order valence-electron chi connectivity index (χ4n) is 8.90. The number of aliphatic hydroxyl groups is 1. The molecule has 0 atom stereocenters. The fraction of sp³-hybridized carbons (Fsp3) is 0.448. The second-order valence-electron chi connectivity index (χ2n) is 27.2. The molecule has 1 N–H and O–H groups in total. The summed E-state index contributed by atoms with van der Waals surface area (Å²) >= 11 is 0. The van der Waals surface area contributed by atoms with Crippen LogP contribution in [0.1, 0.15) is 272 Å². The normalized spacial score (nSPS) is 10.6. The van der Waals surface area contributed by atoms with Crippen LogP contribution in [0.3, 0.4) is 0 Å². The number of ether oxygens (including phenoxy) is 4. The molecule has 8 aromatic carbocycles. The molecule has 10 heteroatoms. The summed E-state index contributed by atoms with van der Waals surface area (Å²) in [4.78, 5) is 0. The van der Waals surface area contributed by atoms with E-state index in [0.29, 0.717) is 47.0 Å². The maximum atomic E-state index is 12.9. The van der Waals surface area contributed by atoms with Gasteiger partial charge in [0.25, 0.3) is 0 Å². The van der Waals surface area contributed by atoms with Crippen molar-refractivity contribution in [2.24, 2.45) is 0 Å². The van der Waals surface area contributed by atoms with Gasteiger partial charge in [0.15, 0.2) is 0 Å². The van der Waals surface area contributed by atoms with Crippen molar-refractivity contribution < 1.29 is 46.0 Å². The van der Waals surface area contributed by atoms with Gasteiger partial charge in [-0.1, -0.05) is 204 Å². The van der Waals surface area contributed by atoms with E-state index in [-0.39, 0.29) is 36.1 Å². The van der Waals surface area contributed by atoms with Crippen molar-refractivity contribution in [1.82, 2.24) is 0 Å². The zero-order valence-electron chi connectivity index (χ0n) is 63.5. The summed E-state index contributed by atoms with van der Waals surface area (Å²) in [6.45, 7) is 49.2. The van der Waals surface area contributed by atoms with Crippen LogP contribution in [0.25, 0.3) is 0 Å². The van der Waals surface area contributed by atoms with Crippen LogP contribution in [0, 0.1) is 49.9 Å². The van der Waals surface area contributed by atoms with E-state index in [1.165, 1.54) is 52.4 Å². The number of benzene rings is 8. The smallest absolute Gasteiger partial charge is 0.126 e. The van der Waals surface area contributed by atoms with Gasteiger partial charge >= 0.3 is 0 Å². The van der Waals surface area contributed by atoms with Gasteiger partial charge in [-0.3, -0.25) is 0 Å². The summed E-state index contributed by atoms with van der Waals surface area (Å²) in [6, 6.07) is 50.4. The second kappa shape index (κ2) is 47.5. The van der Waals surface area contributed by atoms with Crippen molar-refractivity contribution in [2.45, 2.75) is 239 Å². The van der Waals surface area contributed by atoms with Crippen LogP contribution in [0.2, 0.25) is 0 Å². The Bertz CT molecular complexity index is 3230. The Labute approximate surface area is 584 Å². The number of hydrogen-bond donors (Lipinski definition) is 1. The van der Waals surface area contributed by atoms with E-state index in [4.69, 9.17) is 24.1 Å². The number of unbranched alkanes of at least 4 members (excludes halogenated alkanes) is 1. The number of halogens is 5. The fourth-order valence-corrected chi connectivity index (χ4v) is 8.90. The summed E-state index contributed by atoms with van der Waals surface area (Å²) in [5.41, 5.74) is 12.6. The SMILES string of the molecule is CC(C)Oc1cccc(C(C)C)c1.CC(C)c1cc(F)cc(F)c1.CCCCOc1ccc(C(C)C)cc1.CCCOc1ccc(C(C)C)cc1.COc1cc(CO)cc(C(C)C)c1.Cc1cc(C(C)C)ccc1F.Cc1cc(F)cc(C(C)C)c1.Cc1ccc(C(C)C)cc1F. The molecule has 0 aromatic heterocycles. The van der Waals surface area contributed by atoms with Gasteiger partial charge in [-0.05, 0) is 246 Å². The average molecular weight is 1340 g/mol. The van der Waals surface area contributed by atoms with E-state index in [0.717, 1.165) is 88.5 Å². The molecule has 0 bridgehead atoms. The number of rotatable bonds is 19. The average Bonchev–Trinajstić information content (AvgIpc) is 1.21. The lowest BCUT2D eigenvalue weighted by Crippen LogP contribution is -2.05. The second-order valence-corrected chi connectivity index (χ2v) is 27.2. The Morgan fingerprint density at radius 3 is 1.16 bits per heavy atom. The third kappa shape index (κ3) is 37.2. The van der Waals surface area contributed by atoms with Crippen LogP contribution in [0.15, 0.2) is 164 Å². The van der Waals surface area contributed by atoms with Crippen LogP contribution in [0.5, 0.6) is 23.0 Å². The summed E-state index contributed by atoms with van der Waals surface area (Å²) < 4.78 is 85.4. The first-order valence-electron chi connectivity index (χ1n) is 34.9. The van der Waals surface area contributed by atoms with E-state index in [1.54, 1.807) is 39.2 Å². The minimum absolute atomic E-state index is 0.0664. The maximum absolute atomic E-state index is 12.9. The van der Waals surface area contributed by atoms with E-state index in [1.807, 2.05) is 107 Å². The molecule has 0 spiro atoms. The molecule has 0 amide bonds. The highest BCUT2D eigenvalue weighted by molar-refractivity contribution is 5.36. The largest absolute Gasteiger partial charge is 0.497 e. The molecule has 0 aliphatic carbocycles. The number of aliphatic hydroxyl groups excluding tert-OH is 1. The first-order chi connectivity index (χ1) is 45.6. The number of methoxy groups -OCH3 is 1. The van der Waals surface area contributed by atoms with E-state index in [9.17, 15) is 22.0 Å². The summed E-state index contributed by atoms with van der Waals surface area (Å²) in [5, 5.41) is 9.01. The molecule has 0 fully saturated rings. The predicted molar refractivity (Wildman–Crippen MR) is 403 cm³/mol. The van der Waals surface area contributed by atoms with Gasteiger partial charge in [0, 0.05) is 6.07 Å². The highest BCUT2D eigenvalue weighted by atomic mass is 19.1. The Morgan fingerprint density at radius 1 is 0.340 bits per heavy atom. The van der Waals surface area contributed by atoms with Gasteiger partial charge in [0.05, 0.1) is 33.0 Å². The van der Waals surface area contributed by atoms with Crippen molar-refractivity contribution in [1.29, 1.82) is 0 Å². The third-order valence-electron chi connectivity index (χ3n) is 15.3. The van der Waals surface area contributed by atoms with Gasteiger partial charge in [-0.2, -0.15) is 0 Å². The highest BCUT2D eigenvalue weighted by Gasteiger charge is 2.08. The molecule has 0 aliphatic heterocycles. The Kier molecular flexibility index (Phi) is 42.9. The molecular weight excluding hydrogens is 1220 g/mol. The molecule has 0 heterocycles. The molecule has 97 heavy (non-hydrogen) atoms. The third-order valence-corrected chi connectivity index (χ3v) is 15.3. The van der Waals surface area contributed by atoms with Crippen molar-refractivity contribution in [3.63, 3.8) is 0 Å². The molecular formula is C87H121F5O5. The number of hydrogen-bond acceptors (Lipinski definition) is 5. The lowest BCUT2D eigenvalue weighted by atomic mass is 10.0. The zero-order chi connectivity index (χ0) is 73.5. The topological polar surface area (TPSA) is 57.2 Å². The molecule has 5 nitrogen and oxygen atoms in total. The Hall–Kier alpha value is -7.43. The van der Waals surface area contributed by atoms with Crippen LogP contribution in [-0.4, -0.2) is 31.5 Å². The molecule has 0 saturated heterocycles. The summed E-state index contributed by atoms with van der Waals surface area (Å²) in [5.74, 6) is 6.08. The van der Waals surface area contributed by atoms with Crippen LogP contribution >= 0.6 is 0 Å². The molecule has 0 unspecified atom stereocenters. The minimum Gasteiger partial charge on any atom is -0.497 e. The van der Waals surface area contributed by atoms with Crippen LogP contribution < -0.4 is 18.9 Å². The van der Waals surface area contributed by atoms with Crippen molar-refractivity contribution in [3.05, 3.63) is 260 Å². The molecule has 0 radical (unpaired) electrons. The standard InChI is InChI=1S/C13H20O.2C12H18O.C11H16O2.3C10H13F.C9H10F2/c1-4-5-10-14-13-8-6-12(7-9-13)11(2)3;1-9(2)11-6-5-7-12(8-11)13-10(3)4;1-4-9-13-12-7-5-11(6-8-12)10(2)3;1-8(2)10-4-9(7-12)5-11(6-10)13-3;1-7(2)9-4-8(3)5-10(11)6-9;1-7(2)9-4-5-10(11)8(3)6-9;1-7(2)9-5-4-8(3)10(11)6-9;1-6(2)7-3-8(10)5-9(11)4-7/h6-9,11H,4-5,10H2,1-3H3;5-10H,1-4H3;5-8,10H,4,9H2,1-3H3;4-6,8,12H,7H2,1-3H3;3*4-7H,1-3H3;3-6H,1-2H3.